The number of hydrogen-bond acceptors (Lipinski definition) is 2. The maximum atomic E-state index is 3.57. The van der Waals surface area contributed by atoms with Gasteiger partial charge in [-0.15, -0.1) is 0 Å². The summed E-state index contributed by atoms with van der Waals surface area (Å²) in [7, 11) is 0. The quantitative estimate of drug-likeness (QED) is 0.856. The Kier molecular flexibility index (Phi) is 4.84. The summed E-state index contributed by atoms with van der Waals surface area (Å²) in [5.74, 6) is 0.962. The van der Waals surface area contributed by atoms with Crippen molar-refractivity contribution in [3.05, 3.63) is 29.8 Å². The van der Waals surface area contributed by atoms with E-state index in [1.54, 1.807) is 0 Å². The second kappa shape index (κ2) is 6.83. The van der Waals surface area contributed by atoms with Crippen LogP contribution in [0, 0.1) is 5.92 Å². The summed E-state index contributed by atoms with van der Waals surface area (Å²) >= 11 is 0. The van der Waals surface area contributed by atoms with Crippen molar-refractivity contribution in [1.29, 1.82) is 0 Å². The standard InChI is InChI=1S/C19H30N2/c1-3-18(20-4-2)15-9-11-17(12-10-15)21-14-13-16-7-5-6-8-19(16)21/h9-12,16,18-20H,3-8,13-14H2,1-2H3. The van der Waals surface area contributed by atoms with Crippen molar-refractivity contribution in [3.8, 4) is 0 Å². The van der Waals surface area contributed by atoms with Crippen LogP contribution in [0.3, 0.4) is 0 Å². The topological polar surface area (TPSA) is 15.3 Å². The molecule has 3 rings (SSSR count). The van der Waals surface area contributed by atoms with Gasteiger partial charge in [0.05, 0.1) is 0 Å². The lowest BCUT2D eigenvalue weighted by atomic mass is 9.85. The van der Waals surface area contributed by atoms with E-state index in [2.05, 4.69) is 48.3 Å². The molecule has 0 amide bonds. The van der Waals surface area contributed by atoms with Crippen LogP contribution in [0.2, 0.25) is 0 Å². The predicted octanol–water partition coefficient (Wildman–Crippen LogP) is 4.52. The van der Waals surface area contributed by atoms with Gasteiger partial charge in [-0.05, 0) is 55.8 Å². The minimum atomic E-state index is 0.505. The molecule has 116 valence electrons. The number of hydrogen-bond donors (Lipinski definition) is 1. The van der Waals surface area contributed by atoms with Gasteiger partial charge in [0.2, 0.25) is 0 Å². The number of benzene rings is 1. The molecule has 1 saturated heterocycles. The van der Waals surface area contributed by atoms with Crippen molar-refractivity contribution in [3.63, 3.8) is 0 Å². The lowest BCUT2D eigenvalue weighted by molar-refractivity contribution is 0.342. The zero-order valence-electron chi connectivity index (χ0n) is 13.6. The second-order valence-corrected chi connectivity index (χ2v) is 6.70. The fourth-order valence-electron chi connectivity index (χ4n) is 4.37. The van der Waals surface area contributed by atoms with Gasteiger partial charge in [-0.3, -0.25) is 0 Å². The maximum absolute atomic E-state index is 3.57. The first kappa shape index (κ1) is 14.9. The zero-order valence-corrected chi connectivity index (χ0v) is 13.6. The summed E-state index contributed by atoms with van der Waals surface area (Å²) in [6.45, 7) is 6.74. The average Bonchev–Trinajstić information content (AvgIpc) is 2.97. The van der Waals surface area contributed by atoms with Gasteiger partial charge in [-0.1, -0.05) is 38.8 Å². The molecular weight excluding hydrogens is 256 g/mol. The van der Waals surface area contributed by atoms with Crippen molar-refractivity contribution >= 4 is 5.69 Å². The number of nitrogens with zero attached hydrogens (tertiary/aromatic N) is 1. The van der Waals surface area contributed by atoms with E-state index in [1.807, 2.05) is 0 Å². The molecule has 1 saturated carbocycles. The highest BCUT2D eigenvalue weighted by Gasteiger charge is 2.35. The van der Waals surface area contributed by atoms with Gasteiger partial charge in [0.1, 0.15) is 0 Å². The Bertz CT molecular complexity index is 439. The van der Waals surface area contributed by atoms with E-state index in [-0.39, 0.29) is 0 Å². The van der Waals surface area contributed by atoms with E-state index in [1.165, 1.54) is 49.9 Å². The molecule has 0 radical (unpaired) electrons. The van der Waals surface area contributed by atoms with Crippen LogP contribution in [0.4, 0.5) is 5.69 Å². The average molecular weight is 286 g/mol. The highest BCUT2D eigenvalue weighted by molar-refractivity contribution is 5.50. The first-order valence-corrected chi connectivity index (χ1v) is 8.93. The normalized spacial score (nSPS) is 26.7. The molecule has 2 aliphatic rings. The molecule has 0 bridgehead atoms. The number of fused-ring (bicyclic) bond motifs is 1. The van der Waals surface area contributed by atoms with E-state index in [9.17, 15) is 0 Å². The van der Waals surface area contributed by atoms with E-state index in [0.717, 1.165) is 24.9 Å². The monoisotopic (exact) mass is 286 g/mol. The Hall–Kier alpha value is -1.02. The third-order valence-corrected chi connectivity index (χ3v) is 5.50. The SMILES string of the molecule is CCNC(CC)c1ccc(N2CCC3CCCCC32)cc1. The summed E-state index contributed by atoms with van der Waals surface area (Å²) in [6.07, 6.45) is 8.30. The van der Waals surface area contributed by atoms with Gasteiger partial charge in [-0.25, -0.2) is 0 Å². The lowest BCUT2D eigenvalue weighted by Crippen LogP contribution is -2.34. The second-order valence-electron chi connectivity index (χ2n) is 6.70. The van der Waals surface area contributed by atoms with Crippen LogP contribution in [0.25, 0.3) is 0 Å². The highest BCUT2D eigenvalue weighted by Crippen LogP contribution is 2.39. The highest BCUT2D eigenvalue weighted by atomic mass is 15.2. The maximum Gasteiger partial charge on any atom is 0.0369 e. The number of anilines is 1. The Balaban J connectivity index is 1.72. The molecule has 1 aliphatic heterocycles. The molecule has 1 aromatic rings. The van der Waals surface area contributed by atoms with Crippen molar-refractivity contribution in [2.24, 2.45) is 5.92 Å². The molecule has 3 unspecified atom stereocenters. The molecule has 2 fully saturated rings. The summed E-state index contributed by atoms with van der Waals surface area (Å²) in [6, 6.07) is 10.7. The molecule has 21 heavy (non-hydrogen) atoms. The van der Waals surface area contributed by atoms with E-state index in [0.29, 0.717) is 6.04 Å². The van der Waals surface area contributed by atoms with Crippen LogP contribution in [0.1, 0.15) is 64.0 Å². The Morgan fingerprint density at radius 3 is 2.57 bits per heavy atom. The van der Waals surface area contributed by atoms with Gasteiger partial charge >= 0.3 is 0 Å². The van der Waals surface area contributed by atoms with Crippen LogP contribution < -0.4 is 10.2 Å². The summed E-state index contributed by atoms with van der Waals surface area (Å²) < 4.78 is 0. The van der Waals surface area contributed by atoms with Gasteiger partial charge in [-0.2, -0.15) is 0 Å². The molecular formula is C19H30N2. The molecule has 0 aromatic heterocycles. The molecule has 2 nitrogen and oxygen atoms in total. The van der Waals surface area contributed by atoms with Crippen LogP contribution in [0.15, 0.2) is 24.3 Å². The largest absolute Gasteiger partial charge is 0.368 e. The van der Waals surface area contributed by atoms with Crippen molar-refractivity contribution in [2.45, 2.75) is 64.5 Å². The predicted molar refractivity (Wildman–Crippen MR) is 90.9 cm³/mol. The van der Waals surface area contributed by atoms with Crippen molar-refractivity contribution in [2.75, 3.05) is 18.0 Å². The minimum Gasteiger partial charge on any atom is -0.368 e. The Labute approximate surface area is 129 Å². The molecule has 1 heterocycles. The third-order valence-electron chi connectivity index (χ3n) is 5.50. The van der Waals surface area contributed by atoms with E-state index in [4.69, 9.17) is 0 Å². The molecule has 3 atom stereocenters. The smallest absolute Gasteiger partial charge is 0.0369 e. The number of rotatable bonds is 5. The zero-order chi connectivity index (χ0) is 14.7. The fourth-order valence-corrected chi connectivity index (χ4v) is 4.37. The molecule has 0 spiro atoms. The van der Waals surface area contributed by atoms with Gasteiger partial charge in [0.15, 0.2) is 0 Å². The summed E-state index contributed by atoms with van der Waals surface area (Å²) in [5, 5.41) is 3.57. The van der Waals surface area contributed by atoms with Crippen molar-refractivity contribution in [1.82, 2.24) is 5.32 Å². The fraction of sp³-hybridized carbons (Fsp3) is 0.684. The van der Waals surface area contributed by atoms with Crippen LogP contribution in [-0.2, 0) is 0 Å². The van der Waals surface area contributed by atoms with Gasteiger partial charge < -0.3 is 10.2 Å². The first-order valence-electron chi connectivity index (χ1n) is 8.93. The van der Waals surface area contributed by atoms with Crippen LogP contribution in [0.5, 0.6) is 0 Å². The summed E-state index contributed by atoms with van der Waals surface area (Å²) in [4.78, 5) is 2.68. The van der Waals surface area contributed by atoms with Gasteiger partial charge in [0.25, 0.3) is 0 Å². The van der Waals surface area contributed by atoms with Crippen LogP contribution >= 0.6 is 0 Å². The Morgan fingerprint density at radius 2 is 1.86 bits per heavy atom. The third kappa shape index (κ3) is 3.11. The van der Waals surface area contributed by atoms with Gasteiger partial charge in [0, 0.05) is 24.3 Å². The minimum absolute atomic E-state index is 0.505. The molecule has 2 heteroatoms. The van der Waals surface area contributed by atoms with E-state index < -0.39 is 0 Å². The lowest BCUT2D eigenvalue weighted by Gasteiger charge is -2.33. The van der Waals surface area contributed by atoms with Crippen LogP contribution in [-0.4, -0.2) is 19.1 Å². The Morgan fingerprint density at radius 1 is 1.10 bits per heavy atom. The van der Waals surface area contributed by atoms with E-state index >= 15 is 0 Å². The number of nitrogens with one attached hydrogen (secondary N) is 1. The molecule has 1 aromatic carbocycles. The molecule has 1 aliphatic carbocycles. The summed E-state index contributed by atoms with van der Waals surface area (Å²) in [5.41, 5.74) is 2.88. The van der Waals surface area contributed by atoms with Crippen molar-refractivity contribution < 1.29 is 0 Å². The molecule has 1 N–H and O–H groups in total. The first-order chi connectivity index (χ1) is 10.3.